The van der Waals surface area contributed by atoms with Crippen LogP contribution in [0.1, 0.15) is 11.1 Å². The van der Waals surface area contributed by atoms with E-state index in [9.17, 15) is 4.39 Å². The molecule has 2 nitrogen and oxygen atoms in total. The molecule has 27 heavy (non-hydrogen) atoms. The number of fused-ring (bicyclic) bond motifs is 3. The van der Waals surface area contributed by atoms with E-state index in [1.54, 1.807) is 6.07 Å². The minimum absolute atomic E-state index is 0.294. The molecule has 0 aliphatic rings. The molecule has 0 spiro atoms. The maximum atomic E-state index is 13.5. The SMILES string of the molecule is Fc1ccc2c(c1)oc1ccc(-c3cc(Cc4ccccc4)ccn3)cc12. The molecule has 0 N–H and O–H groups in total. The van der Waals surface area contributed by atoms with Gasteiger partial charge >= 0.3 is 0 Å². The van der Waals surface area contributed by atoms with Gasteiger partial charge in [0.25, 0.3) is 0 Å². The summed E-state index contributed by atoms with van der Waals surface area (Å²) in [5.74, 6) is -0.294. The van der Waals surface area contributed by atoms with Crippen LogP contribution in [0, 0.1) is 5.82 Å². The molecular weight excluding hydrogens is 337 g/mol. The lowest BCUT2D eigenvalue weighted by atomic mass is 10.0. The molecule has 130 valence electrons. The first-order chi connectivity index (χ1) is 13.3. The quantitative estimate of drug-likeness (QED) is 0.376. The third kappa shape index (κ3) is 2.97. The maximum absolute atomic E-state index is 13.5. The van der Waals surface area contributed by atoms with Gasteiger partial charge in [0.05, 0.1) is 5.69 Å². The van der Waals surface area contributed by atoms with Gasteiger partial charge in [-0.2, -0.15) is 0 Å². The molecule has 0 saturated carbocycles. The molecule has 0 atom stereocenters. The second-order valence-electron chi connectivity index (χ2n) is 6.67. The van der Waals surface area contributed by atoms with E-state index in [0.29, 0.717) is 5.58 Å². The second-order valence-corrected chi connectivity index (χ2v) is 6.67. The van der Waals surface area contributed by atoms with E-state index in [1.807, 2.05) is 30.5 Å². The van der Waals surface area contributed by atoms with Gasteiger partial charge in [0.15, 0.2) is 0 Å². The summed E-state index contributed by atoms with van der Waals surface area (Å²) in [4.78, 5) is 4.55. The van der Waals surface area contributed by atoms with E-state index in [2.05, 4.69) is 41.4 Å². The van der Waals surface area contributed by atoms with Crippen molar-refractivity contribution in [2.75, 3.05) is 0 Å². The molecule has 2 heterocycles. The first-order valence-corrected chi connectivity index (χ1v) is 8.87. The molecule has 0 unspecified atom stereocenters. The van der Waals surface area contributed by atoms with Crippen LogP contribution in [-0.4, -0.2) is 4.98 Å². The minimum Gasteiger partial charge on any atom is -0.456 e. The molecule has 2 aromatic heterocycles. The minimum atomic E-state index is -0.294. The van der Waals surface area contributed by atoms with Gasteiger partial charge in [0, 0.05) is 28.6 Å². The lowest BCUT2D eigenvalue weighted by Crippen LogP contribution is -1.91. The number of rotatable bonds is 3. The van der Waals surface area contributed by atoms with Crippen molar-refractivity contribution in [2.24, 2.45) is 0 Å². The number of furan rings is 1. The Morgan fingerprint density at radius 1 is 0.741 bits per heavy atom. The van der Waals surface area contributed by atoms with Gasteiger partial charge in [0.1, 0.15) is 17.0 Å². The molecule has 0 aliphatic carbocycles. The summed E-state index contributed by atoms with van der Waals surface area (Å²) >= 11 is 0. The van der Waals surface area contributed by atoms with E-state index >= 15 is 0 Å². The number of aromatic nitrogens is 1. The molecular formula is C24H16FNO. The molecule has 3 aromatic carbocycles. The predicted octanol–water partition coefficient (Wildman–Crippen LogP) is 6.38. The monoisotopic (exact) mass is 353 g/mol. The first-order valence-electron chi connectivity index (χ1n) is 8.87. The molecule has 0 saturated heterocycles. The summed E-state index contributed by atoms with van der Waals surface area (Å²) < 4.78 is 19.2. The van der Waals surface area contributed by atoms with Crippen molar-refractivity contribution in [2.45, 2.75) is 6.42 Å². The van der Waals surface area contributed by atoms with Crippen molar-refractivity contribution >= 4 is 21.9 Å². The van der Waals surface area contributed by atoms with Crippen molar-refractivity contribution in [1.82, 2.24) is 4.98 Å². The Balaban J connectivity index is 1.57. The van der Waals surface area contributed by atoms with Gasteiger partial charge in [-0.05, 0) is 60.0 Å². The van der Waals surface area contributed by atoms with Crippen LogP contribution in [0.15, 0.2) is 89.5 Å². The Morgan fingerprint density at radius 3 is 2.52 bits per heavy atom. The summed E-state index contributed by atoms with van der Waals surface area (Å²) in [6.07, 6.45) is 2.72. The van der Waals surface area contributed by atoms with E-state index in [4.69, 9.17) is 4.42 Å². The zero-order chi connectivity index (χ0) is 18.2. The molecule has 0 radical (unpaired) electrons. The fourth-order valence-electron chi connectivity index (χ4n) is 3.48. The normalized spacial score (nSPS) is 11.3. The largest absolute Gasteiger partial charge is 0.456 e. The summed E-state index contributed by atoms with van der Waals surface area (Å²) in [5, 5.41) is 1.88. The number of halogens is 1. The Bertz CT molecular complexity index is 1260. The molecule has 5 aromatic rings. The van der Waals surface area contributed by atoms with Crippen molar-refractivity contribution in [1.29, 1.82) is 0 Å². The summed E-state index contributed by atoms with van der Waals surface area (Å²) in [6.45, 7) is 0. The summed E-state index contributed by atoms with van der Waals surface area (Å²) in [7, 11) is 0. The summed E-state index contributed by atoms with van der Waals surface area (Å²) in [5.41, 5.74) is 5.73. The van der Waals surface area contributed by atoms with Gasteiger partial charge < -0.3 is 4.42 Å². The van der Waals surface area contributed by atoms with Crippen LogP contribution in [0.4, 0.5) is 4.39 Å². The van der Waals surface area contributed by atoms with Crippen molar-refractivity contribution < 1.29 is 8.81 Å². The highest BCUT2D eigenvalue weighted by Gasteiger charge is 2.10. The van der Waals surface area contributed by atoms with E-state index < -0.39 is 0 Å². The molecule has 0 aliphatic heterocycles. The predicted molar refractivity (Wildman–Crippen MR) is 106 cm³/mol. The fraction of sp³-hybridized carbons (Fsp3) is 0.0417. The molecule has 0 amide bonds. The maximum Gasteiger partial charge on any atom is 0.138 e. The third-order valence-corrected chi connectivity index (χ3v) is 4.80. The third-order valence-electron chi connectivity index (χ3n) is 4.80. The van der Waals surface area contributed by atoms with Crippen LogP contribution >= 0.6 is 0 Å². The topological polar surface area (TPSA) is 26.0 Å². The van der Waals surface area contributed by atoms with Crippen LogP contribution < -0.4 is 0 Å². The van der Waals surface area contributed by atoms with E-state index in [-0.39, 0.29) is 5.82 Å². The first kappa shape index (κ1) is 15.8. The highest BCUT2D eigenvalue weighted by atomic mass is 19.1. The van der Waals surface area contributed by atoms with Crippen LogP contribution in [0.2, 0.25) is 0 Å². The number of benzene rings is 3. The van der Waals surface area contributed by atoms with Gasteiger partial charge in [-0.25, -0.2) is 4.39 Å². The molecule has 3 heteroatoms. The van der Waals surface area contributed by atoms with Gasteiger partial charge in [-0.3, -0.25) is 4.98 Å². The number of nitrogens with zero attached hydrogens (tertiary/aromatic N) is 1. The van der Waals surface area contributed by atoms with E-state index in [0.717, 1.165) is 34.0 Å². The summed E-state index contributed by atoms with van der Waals surface area (Å²) in [6, 6.07) is 25.2. The number of hydrogen-bond acceptors (Lipinski definition) is 2. The standard InChI is InChI=1S/C24H16FNO/c25-19-7-8-20-21-14-18(6-9-23(21)27-24(20)15-19)22-13-17(10-11-26-22)12-16-4-2-1-3-5-16/h1-11,13-15H,12H2. The van der Waals surface area contributed by atoms with Crippen LogP contribution in [0.25, 0.3) is 33.2 Å². The van der Waals surface area contributed by atoms with Crippen LogP contribution in [0.5, 0.6) is 0 Å². The smallest absolute Gasteiger partial charge is 0.138 e. The number of hydrogen-bond donors (Lipinski definition) is 0. The molecule has 5 rings (SSSR count). The van der Waals surface area contributed by atoms with Gasteiger partial charge in [0.2, 0.25) is 0 Å². The van der Waals surface area contributed by atoms with Crippen molar-refractivity contribution in [3.8, 4) is 11.3 Å². The Hall–Kier alpha value is -3.46. The van der Waals surface area contributed by atoms with Crippen molar-refractivity contribution in [3.63, 3.8) is 0 Å². The number of pyridine rings is 1. The van der Waals surface area contributed by atoms with Gasteiger partial charge in [-0.1, -0.05) is 30.3 Å². The molecule has 0 bridgehead atoms. The Kier molecular flexibility index (Phi) is 3.72. The Labute approximate surface area is 155 Å². The lowest BCUT2D eigenvalue weighted by Gasteiger charge is -2.05. The zero-order valence-electron chi connectivity index (χ0n) is 14.5. The second kappa shape index (κ2) is 6.36. The molecule has 0 fully saturated rings. The zero-order valence-corrected chi connectivity index (χ0v) is 14.5. The Morgan fingerprint density at radius 2 is 1.63 bits per heavy atom. The fourth-order valence-corrected chi connectivity index (χ4v) is 3.48. The van der Waals surface area contributed by atoms with Crippen molar-refractivity contribution in [3.05, 3.63) is 102 Å². The average molecular weight is 353 g/mol. The van der Waals surface area contributed by atoms with Gasteiger partial charge in [-0.15, -0.1) is 0 Å². The highest BCUT2D eigenvalue weighted by Crippen LogP contribution is 2.32. The lowest BCUT2D eigenvalue weighted by molar-refractivity contribution is 0.618. The highest BCUT2D eigenvalue weighted by molar-refractivity contribution is 6.06. The van der Waals surface area contributed by atoms with E-state index in [1.165, 1.54) is 23.3 Å². The van der Waals surface area contributed by atoms with Crippen LogP contribution in [-0.2, 0) is 6.42 Å². The van der Waals surface area contributed by atoms with Crippen LogP contribution in [0.3, 0.4) is 0 Å². The average Bonchev–Trinajstić information content (AvgIpc) is 3.05.